The molecule has 9 nitrogen and oxygen atoms in total. The normalized spacial score (nSPS) is 16.6. The molecule has 1 aliphatic rings. The van der Waals surface area contributed by atoms with Crippen LogP contribution in [0, 0.1) is 0 Å². The molecule has 2 N–H and O–H groups in total. The minimum Gasteiger partial charge on any atom is -0.438 e. The van der Waals surface area contributed by atoms with Crippen molar-refractivity contribution in [2.24, 2.45) is 0 Å². The van der Waals surface area contributed by atoms with Crippen molar-refractivity contribution in [2.45, 2.75) is 38.3 Å². The average molecular weight is 522 g/mol. The number of carbonyl (C=O) groups is 1. The number of para-hydroxylation sites is 1. The molecule has 1 aromatic carbocycles. The number of halogens is 3. The summed E-state index contributed by atoms with van der Waals surface area (Å²) in [5, 5.41) is 10.2. The molecule has 0 aliphatic carbocycles. The van der Waals surface area contributed by atoms with Crippen molar-refractivity contribution in [2.75, 3.05) is 6.54 Å². The molecule has 4 aromatic rings. The predicted molar refractivity (Wildman–Crippen MR) is 114 cm³/mol. The number of imidazole rings is 1. The Morgan fingerprint density at radius 3 is 2.82 bits per heavy atom. The lowest BCUT2D eigenvalue weighted by Crippen LogP contribution is -2.41. The number of fused-ring (bicyclic) bond motifs is 2. The van der Waals surface area contributed by atoms with E-state index in [4.69, 9.17) is 8.83 Å². The number of H-pyrrole nitrogens is 1. The smallest absolute Gasteiger partial charge is 0.292 e. The molecule has 172 valence electrons. The largest absolute Gasteiger partial charge is 0.438 e. The average Bonchev–Trinajstić information content (AvgIpc) is 3.49. The Kier molecular flexibility index (Phi) is 5.09. The van der Waals surface area contributed by atoms with E-state index in [2.05, 4.69) is 35.9 Å². The number of nitrogens with zero attached hydrogens (tertiary/aromatic N) is 4. The van der Waals surface area contributed by atoms with Gasteiger partial charge in [-0.2, -0.15) is 0 Å². The fourth-order valence-electron chi connectivity index (χ4n) is 3.82. The zero-order valence-electron chi connectivity index (χ0n) is 17.5. The number of hydrogen-bond donors (Lipinski definition) is 2. The molecule has 12 heteroatoms. The highest BCUT2D eigenvalue weighted by Crippen LogP contribution is 2.38. The first-order chi connectivity index (χ1) is 15.6. The van der Waals surface area contributed by atoms with Crippen LogP contribution >= 0.6 is 15.9 Å². The number of hydrogen-bond acceptors (Lipinski definition) is 7. The lowest BCUT2D eigenvalue weighted by Gasteiger charge is -2.32. The number of oxazole rings is 2. The topological polar surface area (TPSA) is 121 Å². The highest BCUT2D eigenvalue weighted by atomic mass is 79.9. The summed E-state index contributed by atoms with van der Waals surface area (Å²) in [5.41, 5.74) is -0.145. The summed E-state index contributed by atoms with van der Waals surface area (Å²) in [5.74, 6) is -1.66. The predicted octanol–water partition coefficient (Wildman–Crippen LogP) is 4.25. The van der Waals surface area contributed by atoms with Crippen molar-refractivity contribution in [3.63, 3.8) is 0 Å². The van der Waals surface area contributed by atoms with Gasteiger partial charge in [0.1, 0.15) is 11.1 Å². The van der Waals surface area contributed by atoms with E-state index < -0.39 is 35.4 Å². The van der Waals surface area contributed by atoms with Crippen LogP contribution in [0.1, 0.15) is 65.7 Å². The number of carbonyl (C=O) groups excluding carboxylic acids is 1. The number of aliphatic hydroxyl groups is 1. The van der Waals surface area contributed by atoms with Gasteiger partial charge in [0, 0.05) is 23.1 Å². The van der Waals surface area contributed by atoms with E-state index in [-0.39, 0.29) is 18.3 Å². The first-order valence-corrected chi connectivity index (χ1v) is 10.8. The van der Waals surface area contributed by atoms with Crippen LogP contribution < -0.4 is 0 Å². The maximum absolute atomic E-state index is 13.7. The Morgan fingerprint density at radius 1 is 1.33 bits per heavy atom. The van der Waals surface area contributed by atoms with E-state index in [1.807, 2.05) is 0 Å². The van der Waals surface area contributed by atoms with Crippen LogP contribution in [0.4, 0.5) is 8.78 Å². The standard InChI is InChI=1S/C21H18BrF2N5O4/c1-21(2,31)20-28-14(17(23)24)16(33-20)19(30)29-7-6-10-13(26-8-25-10)15(29)18-27-12-9(22)4-3-5-11(12)32-18/h3-5,8,15,17,31H,6-7H2,1-2H3,(H,25,26)/t15-/m0/s1. The van der Waals surface area contributed by atoms with Crippen molar-refractivity contribution in [3.8, 4) is 0 Å². The van der Waals surface area contributed by atoms with Gasteiger partial charge in [-0.1, -0.05) is 6.07 Å². The highest BCUT2D eigenvalue weighted by Gasteiger charge is 2.41. The van der Waals surface area contributed by atoms with Crippen molar-refractivity contribution < 1.29 is 27.5 Å². The lowest BCUT2D eigenvalue weighted by molar-refractivity contribution is 0.0436. The van der Waals surface area contributed by atoms with Crippen molar-refractivity contribution in [3.05, 3.63) is 63.6 Å². The summed E-state index contributed by atoms with van der Waals surface area (Å²) in [4.78, 5) is 30.5. The molecule has 1 amide bonds. The molecule has 0 bridgehead atoms. The molecule has 1 atom stereocenters. The van der Waals surface area contributed by atoms with Crippen LogP contribution in [0.5, 0.6) is 0 Å². The minimum absolute atomic E-state index is 0.166. The SMILES string of the molecule is CC(C)(O)c1nc(C(F)F)c(C(=O)N2CCc3[nH]cnc3[C@H]2c2nc3c(Br)cccc3o2)o1. The van der Waals surface area contributed by atoms with Crippen molar-refractivity contribution in [1.29, 1.82) is 0 Å². The Balaban J connectivity index is 1.63. The van der Waals surface area contributed by atoms with E-state index in [1.165, 1.54) is 25.1 Å². The van der Waals surface area contributed by atoms with Gasteiger partial charge in [-0.3, -0.25) is 4.79 Å². The maximum atomic E-state index is 13.7. The molecule has 0 fully saturated rings. The van der Waals surface area contributed by atoms with Gasteiger partial charge in [0.2, 0.25) is 17.5 Å². The molecule has 0 saturated heterocycles. The van der Waals surface area contributed by atoms with Crippen LogP contribution in [0.2, 0.25) is 0 Å². The first kappa shape index (κ1) is 21.7. The summed E-state index contributed by atoms with van der Waals surface area (Å²) < 4.78 is 39.5. The van der Waals surface area contributed by atoms with Gasteiger partial charge >= 0.3 is 0 Å². The Labute approximate surface area is 194 Å². The number of nitrogens with one attached hydrogen (secondary N) is 1. The van der Waals surface area contributed by atoms with Crippen LogP contribution in [-0.4, -0.2) is 42.4 Å². The second kappa shape index (κ2) is 7.73. The molecule has 0 saturated carbocycles. The third kappa shape index (κ3) is 3.62. The maximum Gasteiger partial charge on any atom is 0.292 e. The number of aromatic amines is 1. The number of benzene rings is 1. The van der Waals surface area contributed by atoms with Gasteiger partial charge in [-0.05, 0) is 41.9 Å². The quantitative estimate of drug-likeness (QED) is 0.411. The Hall–Kier alpha value is -3.12. The summed E-state index contributed by atoms with van der Waals surface area (Å²) in [6.07, 6.45) is -1.17. The molecule has 4 heterocycles. The fraction of sp³-hybridized carbons (Fsp3) is 0.333. The zero-order valence-corrected chi connectivity index (χ0v) is 19.1. The number of alkyl halides is 2. The number of amides is 1. The van der Waals surface area contributed by atoms with Crippen LogP contribution in [0.25, 0.3) is 11.1 Å². The highest BCUT2D eigenvalue weighted by molar-refractivity contribution is 9.10. The monoisotopic (exact) mass is 521 g/mol. The Morgan fingerprint density at radius 2 is 2.12 bits per heavy atom. The lowest BCUT2D eigenvalue weighted by atomic mass is 10.0. The third-order valence-electron chi connectivity index (χ3n) is 5.38. The van der Waals surface area contributed by atoms with Gasteiger partial charge in [-0.15, -0.1) is 0 Å². The zero-order chi connectivity index (χ0) is 23.5. The molecule has 0 radical (unpaired) electrons. The molecule has 5 rings (SSSR count). The van der Waals surface area contributed by atoms with Crippen molar-refractivity contribution >= 4 is 32.9 Å². The molecule has 0 unspecified atom stereocenters. The molecule has 3 aromatic heterocycles. The van der Waals surface area contributed by atoms with Crippen LogP contribution in [-0.2, 0) is 12.0 Å². The number of aromatic nitrogens is 4. The van der Waals surface area contributed by atoms with E-state index in [0.717, 1.165) is 5.69 Å². The third-order valence-corrected chi connectivity index (χ3v) is 6.02. The molecular formula is C21H18BrF2N5O4. The minimum atomic E-state index is -3.08. The molecule has 0 spiro atoms. The molecular weight excluding hydrogens is 504 g/mol. The van der Waals surface area contributed by atoms with Gasteiger partial charge in [0.25, 0.3) is 12.3 Å². The second-order valence-corrected chi connectivity index (χ2v) is 9.00. The van der Waals surface area contributed by atoms with E-state index in [0.29, 0.717) is 27.7 Å². The fourth-order valence-corrected chi connectivity index (χ4v) is 4.26. The van der Waals surface area contributed by atoms with Crippen molar-refractivity contribution in [1.82, 2.24) is 24.8 Å². The van der Waals surface area contributed by atoms with E-state index >= 15 is 0 Å². The summed E-state index contributed by atoms with van der Waals surface area (Å²) in [6.45, 7) is 2.83. The van der Waals surface area contributed by atoms with Gasteiger partial charge in [0.15, 0.2) is 17.3 Å². The Bertz CT molecular complexity index is 1360. The van der Waals surface area contributed by atoms with Crippen LogP contribution in [0.15, 0.2) is 37.8 Å². The summed E-state index contributed by atoms with van der Waals surface area (Å²) in [7, 11) is 0. The molecule has 33 heavy (non-hydrogen) atoms. The second-order valence-electron chi connectivity index (χ2n) is 8.15. The summed E-state index contributed by atoms with van der Waals surface area (Å²) in [6, 6.07) is 4.44. The molecule has 1 aliphatic heterocycles. The van der Waals surface area contributed by atoms with E-state index in [1.54, 1.807) is 18.2 Å². The summed E-state index contributed by atoms with van der Waals surface area (Å²) >= 11 is 3.43. The number of rotatable bonds is 4. The first-order valence-electron chi connectivity index (χ1n) is 10.0. The van der Waals surface area contributed by atoms with Gasteiger partial charge < -0.3 is 23.8 Å². The van der Waals surface area contributed by atoms with Crippen LogP contribution in [0.3, 0.4) is 0 Å². The van der Waals surface area contributed by atoms with Gasteiger partial charge in [0.05, 0.1) is 12.0 Å². The van der Waals surface area contributed by atoms with E-state index in [9.17, 15) is 18.7 Å². The van der Waals surface area contributed by atoms with Gasteiger partial charge in [-0.25, -0.2) is 23.7 Å².